The molecule has 0 atom stereocenters. The summed E-state index contributed by atoms with van der Waals surface area (Å²) in [5.41, 5.74) is 3.22. The maximum atomic E-state index is 12.7. The number of ketones is 1. The lowest BCUT2D eigenvalue weighted by Gasteiger charge is -2.09. The first-order chi connectivity index (χ1) is 9.56. The molecule has 2 aromatic rings. The van der Waals surface area contributed by atoms with Crippen molar-refractivity contribution < 1.29 is 9.53 Å². The Balaban J connectivity index is 2.09. The number of aryl methyl sites for hydroxylation is 1. The molecule has 2 nitrogen and oxygen atoms in total. The Morgan fingerprint density at radius 3 is 2.85 bits per heavy atom. The second-order valence-electron chi connectivity index (χ2n) is 4.83. The van der Waals surface area contributed by atoms with Gasteiger partial charge in [-0.25, -0.2) is 0 Å². The minimum atomic E-state index is -0.0544. The van der Waals surface area contributed by atoms with E-state index < -0.39 is 0 Å². The van der Waals surface area contributed by atoms with Crippen LogP contribution in [0.4, 0.5) is 0 Å². The summed E-state index contributed by atoms with van der Waals surface area (Å²) in [7, 11) is 0. The van der Waals surface area contributed by atoms with Crippen LogP contribution in [0.25, 0.3) is 0 Å². The predicted molar refractivity (Wildman–Crippen MR) is 83.0 cm³/mol. The van der Waals surface area contributed by atoms with Gasteiger partial charge in [-0.15, -0.1) is 0 Å². The molecule has 0 radical (unpaired) electrons. The Kier molecular flexibility index (Phi) is 3.57. The highest BCUT2D eigenvalue weighted by Gasteiger charge is 2.23. The molecule has 0 bridgehead atoms. The quantitative estimate of drug-likeness (QED) is 0.741. The highest BCUT2D eigenvalue weighted by Crippen LogP contribution is 2.34. The predicted octanol–water partition coefficient (Wildman–Crippen LogP) is 4.58. The van der Waals surface area contributed by atoms with Crippen LogP contribution in [-0.4, -0.2) is 12.4 Å². The van der Waals surface area contributed by atoms with Gasteiger partial charge < -0.3 is 4.74 Å². The number of fused-ring (bicyclic) bond motifs is 1. The summed E-state index contributed by atoms with van der Waals surface area (Å²) in [6, 6.07) is 9.11. The van der Waals surface area contributed by atoms with Crippen molar-refractivity contribution in [1.29, 1.82) is 0 Å². The highest BCUT2D eigenvalue weighted by atomic mass is 79.9. The van der Waals surface area contributed by atoms with Gasteiger partial charge in [0.05, 0.1) is 12.2 Å². The number of rotatable bonds is 2. The molecule has 102 valence electrons. The van der Waals surface area contributed by atoms with Crippen molar-refractivity contribution in [3.8, 4) is 5.75 Å². The Labute approximate surface area is 130 Å². The Bertz CT molecular complexity index is 710. The molecule has 0 unspecified atom stereocenters. The summed E-state index contributed by atoms with van der Waals surface area (Å²) >= 11 is 9.54. The number of hydrogen-bond acceptors (Lipinski definition) is 2. The van der Waals surface area contributed by atoms with Crippen LogP contribution in [0.3, 0.4) is 0 Å². The molecule has 0 aliphatic carbocycles. The second kappa shape index (κ2) is 5.23. The van der Waals surface area contributed by atoms with Crippen molar-refractivity contribution in [2.24, 2.45) is 0 Å². The van der Waals surface area contributed by atoms with E-state index in [1.807, 2.05) is 31.2 Å². The van der Waals surface area contributed by atoms with Gasteiger partial charge >= 0.3 is 0 Å². The van der Waals surface area contributed by atoms with Gasteiger partial charge in [0.15, 0.2) is 5.78 Å². The van der Waals surface area contributed by atoms with Gasteiger partial charge in [0.25, 0.3) is 0 Å². The summed E-state index contributed by atoms with van der Waals surface area (Å²) in [6.07, 6.45) is 0.801. The van der Waals surface area contributed by atoms with Gasteiger partial charge in [-0.1, -0.05) is 27.5 Å². The number of ether oxygens (including phenoxy) is 1. The number of carbonyl (C=O) groups excluding carboxylic acids is 1. The molecule has 0 saturated carbocycles. The average molecular weight is 352 g/mol. The van der Waals surface area contributed by atoms with Crippen LogP contribution in [0.15, 0.2) is 34.8 Å². The van der Waals surface area contributed by atoms with Crippen molar-refractivity contribution in [3.05, 3.63) is 62.1 Å². The van der Waals surface area contributed by atoms with Gasteiger partial charge in [-0.3, -0.25) is 4.79 Å². The minimum absolute atomic E-state index is 0.0544. The zero-order chi connectivity index (χ0) is 14.3. The summed E-state index contributed by atoms with van der Waals surface area (Å²) in [6.45, 7) is 2.56. The zero-order valence-electron chi connectivity index (χ0n) is 10.9. The lowest BCUT2D eigenvalue weighted by Crippen LogP contribution is -2.04. The average Bonchev–Trinajstić information content (AvgIpc) is 2.88. The first-order valence-electron chi connectivity index (χ1n) is 6.32. The molecular weight excluding hydrogens is 340 g/mol. The van der Waals surface area contributed by atoms with Crippen LogP contribution in [0.5, 0.6) is 5.75 Å². The largest absolute Gasteiger partial charge is 0.492 e. The third kappa shape index (κ3) is 2.36. The topological polar surface area (TPSA) is 26.3 Å². The normalized spacial score (nSPS) is 12.9. The first-order valence-corrected chi connectivity index (χ1v) is 7.49. The third-order valence-electron chi connectivity index (χ3n) is 3.41. The van der Waals surface area contributed by atoms with E-state index >= 15 is 0 Å². The van der Waals surface area contributed by atoms with E-state index in [-0.39, 0.29) is 5.78 Å². The molecule has 0 N–H and O–H groups in total. The first kappa shape index (κ1) is 13.7. The van der Waals surface area contributed by atoms with Crippen LogP contribution in [-0.2, 0) is 6.42 Å². The molecule has 0 fully saturated rings. The SMILES string of the molecule is Cc1cc(C(=O)c2cc(Cl)cc3c2OCC3)ccc1Br. The van der Waals surface area contributed by atoms with E-state index in [9.17, 15) is 4.79 Å². The minimum Gasteiger partial charge on any atom is -0.492 e. The lowest BCUT2D eigenvalue weighted by atomic mass is 9.99. The fourth-order valence-electron chi connectivity index (χ4n) is 2.38. The molecule has 0 amide bonds. The van der Waals surface area contributed by atoms with Gasteiger partial charge in [0.1, 0.15) is 5.75 Å². The molecule has 1 aliphatic rings. The van der Waals surface area contributed by atoms with Crippen molar-refractivity contribution >= 4 is 33.3 Å². The molecule has 3 rings (SSSR count). The smallest absolute Gasteiger partial charge is 0.196 e. The maximum Gasteiger partial charge on any atom is 0.196 e. The number of halogens is 2. The lowest BCUT2D eigenvalue weighted by molar-refractivity contribution is 0.103. The molecule has 0 aromatic heterocycles. The third-order valence-corrected chi connectivity index (χ3v) is 4.52. The van der Waals surface area contributed by atoms with Crippen LogP contribution < -0.4 is 4.74 Å². The fourth-order valence-corrected chi connectivity index (χ4v) is 2.87. The Hall–Kier alpha value is -1.32. The molecule has 20 heavy (non-hydrogen) atoms. The summed E-state index contributed by atoms with van der Waals surface area (Å²) in [5, 5.41) is 0.575. The molecule has 0 spiro atoms. The molecule has 1 aliphatic heterocycles. The summed E-state index contributed by atoms with van der Waals surface area (Å²) in [4.78, 5) is 12.7. The molecule has 2 aromatic carbocycles. The number of carbonyl (C=O) groups is 1. The molecule has 1 heterocycles. The number of hydrogen-bond donors (Lipinski definition) is 0. The van der Waals surface area contributed by atoms with Crippen LogP contribution in [0.1, 0.15) is 27.0 Å². The van der Waals surface area contributed by atoms with Gasteiger partial charge in [0.2, 0.25) is 0 Å². The van der Waals surface area contributed by atoms with E-state index in [4.69, 9.17) is 16.3 Å². The maximum absolute atomic E-state index is 12.7. The Morgan fingerprint density at radius 1 is 1.30 bits per heavy atom. The van der Waals surface area contributed by atoms with Gasteiger partial charge in [0, 0.05) is 21.5 Å². The fraction of sp³-hybridized carbons (Fsp3) is 0.188. The van der Waals surface area contributed by atoms with Gasteiger partial charge in [-0.05, 0) is 48.4 Å². The monoisotopic (exact) mass is 350 g/mol. The van der Waals surface area contributed by atoms with Crippen molar-refractivity contribution in [1.82, 2.24) is 0 Å². The van der Waals surface area contributed by atoms with Crippen LogP contribution >= 0.6 is 27.5 Å². The van der Waals surface area contributed by atoms with E-state index in [1.165, 1.54) is 0 Å². The Morgan fingerprint density at radius 2 is 2.10 bits per heavy atom. The highest BCUT2D eigenvalue weighted by molar-refractivity contribution is 9.10. The summed E-state index contributed by atoms with van der Waals surface area (Å²) < 4.78 is 6.58. The standard InChI is InChI=1S/C16H12BrClO2/c1-9-6-10(2-3-14(9)17)15(19)13-8-12(18)7-11-4-5-20-16(11)13/h2-3,6-8H,4-5H2,1H3. The molecule has 4 heteroatoms. The van der Waals surface area contributed by atoms with E-state index in [1.54, 1.807) is 6.07 Å². The van der Waals surface area contributed by atoms with Gasteiger partial charge in [-0.2, -0.15) is 0 Å². The van der Waals surface area contributed by atoms with Crippen molar-refractivity contribution in [2.45, 2.75) is 13.3 Å². The molecule has 0 saturated heterocycles. The van der Waals surface area contributed by atoms with E-state index in [0.717, 1.165) is 22.0 Å². The second-order valence-corrected chi connectivity index (χ2v) is 6.12. The zero-order valence-corrected chi connectivity index (χ0v) is 13.2. The van der Waals surface area contributed by atoms with Crippen LogP contribution in [0.2, 0.25) is 5.02 Å². The van der Waals surface area contributed by atoms with Crippen molar-refractivity contribution in [3.63, 3.8) is 0 Å². The van der Waals surface area contributed by atoms with Crippen molar-refractivity contribution in [2.75, 3.05) is 6.61 Å². The van der Waals surface area contributed by atoms with E-state index in [2.05, 4.69) is 15.9 Å². The summed E-state index contributed by atoms with van der Waals surface area (Å²) in [5.74, 6) is 0.626. The number of benzene rings is 2. The molecular formula is C16H12BrClO2. The van der Waals surface area contributed by atoms with Crippen LogP contribution in [0, 0.1) is 6.92 Å². The van der Waals surface area contributed by atoms with E-state index in [0.29, 0.717) is 28.5 Å².